The van der Waals surface area contributed by atoms with Crippen LogP contribution in [0.25, 0.3) is 0 Å². The molecule has 1 aliphatic heterocycles. The molecule has 0 spiro atoms. The van der Waals surface area contributed by atoms with Crippen molar-refractivity contribution >= 4 is 11.6 Å². The molecule has 0 N–H and O–H groups in total. The van der Waals surface area contributed by atoms with E-state index in [1.807, 2.05) is 6.07 Å². The number of hydrogen-bond donors (Lipinski definition) is 0. The van der Waals surface area contributed by atoms with Gasteiger partial charge in [-0.3, -0.25) is 4.79 Å². The van der Waals surface area contributed by atoms with E-state index in [4.69, 9.17) is 0 Å². The summed E-state index contributed by atoms with van der Waals surface area (Å²) in [5.41, 5.74) is 1.20. The van der Waals surface area contributed by atoms with Crippen LogP contribution in [0.1, 0.15) is 32.6 Å². The number of hydrogen-bond acceptors (Lipinski definition) is 2. The Balaban J connectivity index is 1.60. The highest BCUT2D eigenvalue weighted by Crippen LogP contribution is 2.39. The molecule has 0 unspecified atom stereocenters. The lowest BCUT2D eigenvalue weighted by Crippen LogP contribution is -2.52. The average molecular weight is 272 g/mol. The number of para-hydroxylation sites is 1. The largest absolute Gasteiger partial charge is 0.368 e. The van der Waals surface area contributed by atoms with Gasteiger partial charge in [-0.1, -0.05) is 38.0 Å². The first-order valence-corrected chi connectivity index (χ1v) is 7.78. The van der Waals surface area contributed by atoms with Crippen LogP contribution in [0.4, 0.5) is 5.69 Å². The van der Waals surface area contributed by atoms with Crippen LogP contribution < -0.4 is 4.90 Å². The molecule has 1 heterocycles. The van der Waals surface area contributed by atoms with Crippen LogP contribution in [-0.2, 0) is 4.79 Å². The molecule has 108 valence electrons. The van der Waals surface area contributed by atoms with Crippen LogP contribution in [-0.4, -0.2) is 37.0 Å². The molecule has 0 atom stereocenters. The Labute approximate surface area is 121 Å². The van der Waals surface area contributed by atoms with Gasteiger partial charge in [0, 0.05) is 37.3 Å². The lowest BCUT2D eigenvalue weighted by molar-refractivity contribution is -0.141. The SMILES string of the molecule is CC1(C(=O)N2CCN(c3ccccc3)CC2)CCCC1. The summed E-state index contributed by atoms with van der Waals surface area (Å²) in [6.45, 7) is 5.79. The second-order valence-electron chi connectivity index (χ2n) is 6.38. The number of anilines is 1. The summed E-state index contributed by atoms with van der Waals surface area (Å²) < 4.78 is 0. The maximum Gasteiger partial charge on any atom is 0.228 e. The van der Waals surface area contributed by atoms with Gasteiger partial charge in [0.2, 0.25) is 5.91 Å². The van der Waals surface area contributed by atoms with E-state index >= 15 is 0 Å². The van der Waals surface area contributed by atoms with E-state index in [0.717, 1.165) is 39.0 Å². The highest BCUT2D eigenvalue weighted by Gasteiger charge is 2.39. The minimum atomic E-state index is -0.0745. The van der Waals surface area contributed by atoms with E-state index < -0.39 is 0 Å². The van der Waals surface area contributed by atoms with Crippen molar-refractivity contribution in [3.63, 3.8) is 0 Å². The first-order valence-electron chi connectivity index (χ1n) is 7.78. The molecule has 3 rings (SSSR count). The number of carbonyl (C=O) groups is 1. The van der Waals surface area contributed by atoms with Gasteiger partial charge < -0.3 is 9.80 Å². The fraction of sp³-hybridized carbons (Fsp3) is 0.588. The maximum absolute atomic E-state index is 12.7. The highest BCUT2D eigenvalue weighted by molar-refractivity contribution is 5.83. The third-order valence-corrected chi connectivity index (χ3v) is 4.91. The molecule has 1 amide bonds. The molecule has 1 aliphatic carbocycles. The van der Waals surface area contributed by atoms with Crippen LogP contribution in [0.2, 0.25) is 0 Å². The highest BCUT2D eigenvalue weighted by atomic mass is 16.2. The van der Waals surface area contributed by atoms with Gasteiger partial charge in [0.15, 0.2) is 0 Å². The normalized spacial score (nSPS) is 22.1. The third-order valence-electron chi connectivity index (χ3n) is 4.91. The number of benzene rings is 1. The molecule has 3 nitrogen and oxygen atoms in total. The Morgan fingerprint density at radius 3 is 2.20 bits per heavy atom. The number of rotatable bonds is 2. The number of carbonyl (C=O) groups excluding carboxylic acids is 1. The third kappa shape index (κ3) is 2.54. The summed E-state index contributed by atoms with van der Waals surface area (Å²) in [6.07, 6.45) is 4.58. The Morgan fingerprint density at radius 1 is 1.00 bits per heavy atom. The molecule has 0 bridgehead atoms. The minimum absolute atomic E-state index is 0.0745. The monoisotopic (exact) mass is 272 g/mol. The fourth-order valence-electron chi connectivity index (χ4n) is 3.56. The lowest BCUT2D eigenvalue weighted by Gasteiger charge is -2.39. The zero-order chi connectivity index (χ0) is 14.0. The summed E-state index contributed by atoms with van der Waals surface area (Å²) in [4.78, 5) is 17.1. The van der Waals surface area contributed by atoms with Crippen molar-refractivity contribution < 1.29 is 4.79 Å². The van der Waals surface area contributed by atoms with E-state index in [1.165, 1.54) is 18.5 Å². The van der Waals surface area contributed by atoms with Crippen LogP contribution in [0.15, 0.2) is 30.3 Å². The van der Waals surface area contributed by atoms with E-state index in [2.05, 4.69) is 41.0 Å². The van der Waals surface area contributed by atoms with Gasteiger partial charge in [0.25, 0.3) is 0 Å². The van der Waals surface area contributed by atoms with Gasteiger partial charge in [0.1, 0.15) is 0 Å². The van der Waals surface area contributed by atoms with Crippen LogP contribution in [0.5, 0.6) is 0 Å². The van der Waals surface area contributed by atoms with E-state index in [-0.39, 0.29) is 5.41 Å². The van der Waals surface area contributed by atoms with Crippen molar-refractivity contribution in [1.82, 2.24) is 4.90 Å². The average Bonchev–Trinajstić information content (AvgIpc) is 2.96. The molecule has 2 aliphatic rings. The summed E-state index contributed by atoms with van der Waals surface area (Å²) in [5.74, 6) is 0.391. The molecular weight excluding hydrogens is 248 g/mol. The van der Waals surface area contributed by atoms with Crippen molar-refractivity contribution in [2.75, 3.05) is 31.1 Å². The molecule has 1 saturated heterocycles. The topological polar surface area (TPSA) is 23.6 Å². The number of amides is 1. The quantitative estimate of drug-likeness (QED) is 0.826. The Kier molecular flexibility index (Phi) is 3.68. The van der Waals surface area contributed by atoms with Crippen molar-refractivity contribution in [3.8, 4) is 0 Å². The van der Waals surface area contributed by atoms with Crippen LogP contribution in [0.3, 0.4) is 0 Å². The molecule has 0 radical (unpaired) electrons. The second-order valence-corrected chi connectivity index (χ2v) is 6.38. The Bertz CT molecular complexity index is 457. The van der Waals surface area contributed by atoms with Gasteiger partial charge in [-0.05, 0) is 25.0 Å². The summed E-state index contributed by atoms with van der Waals surface area (Å²) in [5, 5.41) is 0. The number of piperazine rings is 1. The zero-order valence-electron chi connectivity index (χ0n) is 12.3. The van der Waals surface area contributed by atoms with E-state index in [1.54, 1.807) is 0 Å². The summed E-state index contributed by atoms with van der Waals surface area (Å²) in [7, 11) is 0. The van der Waals surface area contributed by atoms with Crippen LogP contribution >= 0.6 is 0 Å². The van der Waals surface area contributed by atoms with Crippen molar-refractivity contribution in [1.29, 1.82) is 0 Å². The Morgan fingerprint density at radius 2 is 1.60 bits per heavy atom. The van der Waals surface area contributed by atoms with Crippen LogP contribution in [0, 0.1) is 5.41 Å². The smallest absolute Gasteiger partial charge is 0.228 e. The molecule has 1 aromatic rings. The van der Waals surface area contributed by atoms with E-state index in [0.29, 0.717) is 5.91 Å². The molecule has 0 aromatic heterocycles. The van der Waals surface area contributed by atoms with Gasteiger partial charge in [-0.15, -0.1) is 0 Å². The minimum Gasteiger partial charge on any atom is -0.368 e. The number of nitrogens with zero attached hydrogens (tertiary/aromatic N) is 2. The molecule has 3 heteroatoms. The van der Waals surface area contributed by atoms with Gasteiger partial charge >= 0.3 is 0 Å². The molecule has 1 aromatic carbocycles. The van der Waals surface area contributed by atoms with Gasteiger partial charge in [-0.2, -0.15) is 0 Å². The first kappa shape index (κ1) is 13.5. The van der Waals surface area contributed by atoms with Gasteiger partial charge in [0.05, 0.1) is 0 Å². The maximum atomic E-state index is 12.7. The molecular formula is C17H24N2O. The molecule has 20 heavy (non-hydrogen) atoms. The van der Waals surface area contributed by atoms with Crippen molar-refractivity contribution in [3.05, 3.63) is 30.3 Å². The van der Waals surface area contributed by atoms with E-state index in [9.17, 15) is 4.79 Å². The van der Waals surface area contributed by atoms with Crippen molar-refractivity contribution in [2.24, 2.45) is 5.41 Å². The predicted octanol–water partition coefficient (Wildman–Crippen LogP) is 2.92. The summed E-state index contributed by atoms with van der Waals surface area (Å²) in [6, 6.07) is 10.5. The zero-order valence-corrected chi connectivity index (χ0v) is 12.3. The van der Waals surface area contributed by atoms with Crippen molar-refractivity contribution in [2.45, 2.75) is 32.6 Å². The second kappa shape index (κ2) is 5.47. The Hall–Kier alpha value is -1.51. The fourth-order valence-corrected chi connectivity index (χ4v) is 3.56. The standard InChI is InChI=1S/C17H24N2O/c1-17(9-5-6-10-17)16(20)19-13-11-18(12-14-19)15-7-3-2-4-8-15/h2-4,7-8H,5-6,9-14H2,1H3. The van der Waals surface area contributed by atoms with Gasteiger partial charge in [-0.25, -0.2) is 0 Å². The first-order chi connectivity index (χ1) is 9.69. The summed E-state index contributed by atoms with van der Waals surface area (Å²) >= 11 is 0. The molecule has 1 saturated carbocycles. The molecule has 2 fully saturated rings. The predicted molar refractivity (Wildman–Crippen MR) is 81.8 cm³/mol. The lowest BCUT2D eigenvalue weighted by atomic mass is 9.87.